The molecule has 0 spiro atoms. The minimum absolute atomic E-state index is 0.357. The summed E-state index contributed by atoms with van der Waals surface area (Å²) in [7, 11) is 0. The van der Waals surface area contributed by atoms with E-state index in [0.717, 1.165) is 6.42 Å². The number of aliphatic hydroxyl groups excluding tert-OH is 1. The van der Waals surface area contributed by atoms with Crippen LogP contribution in [0.4, 0.5) is 0 Å². The van der Waals surface area contributed by atoms with E-state index in [1.54, 1.807) is 0 Å². The highest BCUT2D eigenvalue weighted by Crippen LogP contribution is 2.24. The van der Waals surface area contributed by atoms with Crippen LogP contribution in [0.25, 0.3) is 0 Å². The van der Waals surface area contributed by atoms with Crippen LogP contribution >= 0.6 is 27.3 Å². The predicted molar refractivity (Wildman–Crippen MR) is 79.7 cm³/mol. The molecule has 98 valence electrons. The summed E-state index contributed by atoms with van der Waals surface area (Å²) >= 11 is 5.43. The van der Waals surface area contributed by atoms with Crippen molar-refractivity contribution in [3.63, 3.8) is 0 Å². The zero-order valence-electron chi connectivity index (χ0n) is 10.5. The largest absolute Gasteiger partial charge is 0.396 e. The van der Waals surface area contributed by atoms with E-state index in [1.807, 2.05) is 11.3 Å². The molecule has 0 saturated heterocycles. The Morgan fingerprint density at radius 2 is 1.53 bits per heavy atom. The molecule has 0 radical (unpaired) electrons. The lowest BCUT2D eigenvalue weighted by molar-refractivity contribution is 0.282. The van der Waals surface area contributed by atoms with Crippen LogP contribution < -0.4 is 0 Å². The van der Waals surface area contributed by atoms with Gasteiger partial charge in [0.2, 0.25) is 0 Å². The van der Waals surface area contributed by atoms with Gasteiger partial charge in [0.05, 0.1) is 0 Å². The van der Waals surface area contributed by atoms with Crippen molar-refractivity contribution in [1.82, 2.24) is 0 Å². The summed E-state index contributed by atoms with van der Waals surface area (Å²) in [5.74, 6) is 0. The number of unbranched alkanes of at least 4 members (excludes halogenated alkanes) is 7. The van der Waals surface area contributed by atoms with Crippen molar-refractivity contribution in [3.05, 3.63) is 20.8 Å². The Morgan fingerprint density at radius 1 is 0.941 bits per heavy atom. The van der Waals surface area contributed by atoms with Crippen molar-refractivity contribution in [2.75, 3.05) is 6.61 Å². The van der Waals surface area contributed by atoms with E-state index >= 15 is 0 Å². The van der Waals surface area contributed by atoms with E-state index in [4.69, 9.17) is 5.11 Å². The minimum atomic E-state index is 0.357. The lowest BCUT2D eigenvalue weighted by Gasteiger charge is -2.01. The summed E-state index contributed by atoms with van der Waals surface area (Å²) in [5, 5.41) is 10.8. The van der Waals surface area contributed by atoms with Crippen LogP contribution in [0.3, 0.4) is 0 Å². The van der Waals surface area contributed by atoms with Crippen LogP contribution in [0.2, 0.25) is 0 Å². The molecule has 0 saturated carbocycles. The molecule has 0 fully saturated rings. The Hall–Kier alpha value is 0.140. The number of hydrogen-bond donors (Lipinski definition) is 1. The number of aryl methyl sites for hydroxylation is 1. The van der Waals surface area contributed by atoms with E-state index in [0.29, 0.717) is 6.61 Å². The first-order chi connectivity index (χ1) is 8.34. The smallest absolute Gasteiger partial charge is 0.0431 e. The van der Waals surface area contributed by atoms with Gasteiger partial charge in [-0.2, -0.15) is 0 Å². The standard InChI is InChI=1S/C14H23BrOS/c15-13-10-12-17-14(13)9-7-5-3-1-2-4-6-8-11-16/h10,12,16H,1-9,11H2. The third kappa shape index (κ3) is 7.22. The number of thiophene rings is 1. The second kappa shape index (κ2) is 10.1. The summed E-state index contributed by atoms with van der Waals surface area (Å²) in [6.07, 6.45) is 11.4. The molecular formula is C14H23BrOS. The molecule has 1 aromatic rings. The molecule has 1 heterocycles. The van der Waals surface area contributed by atoms with Gasteiger partial charge in [0.15, 0.2) is 0 Å². The average molecular weight is 319 g/mol. The van der Waals surface area contributed by atoms with E-state index in [1.165, 1.54) is 60.7 Å². The van der Waals surface area contributed by atoms with Crippen molar-refractivity contribution >= 4 is 27.3 Å². The zero-order valence-corrected chi connectivity index (χ0v) is 12.9. The number of hydrogen-bond acceptors (Lipinski definition) is 2. The van der Waals surface area contributed by atoms with Crippen LogP contribution in [0.1, 0.15) is 56.2 Å². The zero-order chi connectivity index (χ0) is 12.3. The van der Waals surface area contributed by atoms with Crippen LogP contribution in [-0.2, 0) is 6.42 Å². The second-order valence-electron chi connectivity index (χ2n) is 4.49. The third-order valence-corrected chi connectivity index (χ3v) is 4.99. The second-order valence-corrected chi connectivity index (χ2v) is 6.35. The van der Waals surface area contributed by atoms with Crippen molar-refractivity contribution < 1.29 is 5.11 Å². The Morgan fingerprint density at radius 3 is 2.06 bits per heavy atom. The van der Waals surface area contributed by atoms with Gasteiger partial charge in [-0.3, -0.25) is 0 Å². The van der Waals surface area contributed by atoms with Gasteiger partial charge in [0.1, 0.15) is 0 Å². The van der Waals surface area contributed by atoms with Crippen molar-refractivity contribution in [2.45, 2.75) is 57.8 Å². The molecule has 0 aliphatic rings. The van der Waals surface area contributed by atoms with Gasteiger partial charge in [0, 0.05) is 16.0 Å². The lowest BCUT2D eigenvalue weighted by Crippen LogP contribution is -1.85. The maximum atomic E-state index is 8.65. The highest BCUT2D eigenvalue weighted by Gasteiger charge is 2.00. The number of halogens is 1. The molecule has 0 aliphatic carbocycles. The Balaban J connectivity index is 1.86. The fourth-order valence-electron chi connectivity index (χ4n) is 1.96. The SMILES string of the molecule is OCCCCCCCCCCc1sccc1Br. The molecule has 0 amide bonds. The fraction of sp³-hybridized carbons (Fsp3) is 0.714. The highest BCUT2D eigenvalue weighted by molar-refractivity contribution is 9.10. The predicted octanol–water partition coefficient (Wildman–Crippen LogP) is 5.17. The Kier molecular flexibility index (Phi) is 9.03. The molecule has 1 N–H and O–H groups in total. The average Bonchev–Trinajstić information content (AvgIpc) is 2.73. The lowest BCUT2D eigenvalue weighted by atomic mass is 10.1. The van der Waals surface area contributed by atoms with Crippen LogP contribution in [0, 0.1) is 0 Å². The summed E-state index contributed by atoms with van der Waals surface area (Å²) in [6.45, 7) is 0.357. The molecule has 0 unspecified atom stereocenters. The monoisotopic (exact) mass is 318 g/mol. The fourth-order valence-corrected chi connectivity index (χ4v) is 3.56. The van der Waals surface area contributed by atoms with E-state index in [9.17, 15) is 0 Å². The first kappa shape index (κ1) is 15.2. The quantitative estimate of drug-likeness (QED) is 0.590. The molecular weight excluding hydrogens is 296 g/mol. The van der Waals surface area contributed by atoms with E-state index in [2.05, 4.69) is 27.4 Å². The first-order valence-electron chi connectivity index (χ1n) is 6.67. The van der Waals surface area contributed by atoms with Gasteiger partial charge in [-0.1, -0.05) is 38.5 Å². The molecule has 1 nitrogen and oxygen atoms in total. The van der Waals surface area contributed by atoms with Gasteiger partial charge >= 0.3 is 0 Å². The molecule has 1 aromatic heterocycles. The maximum absolute atomic E-state index is 8.65. The van der Waals surface area contributed by atoms with E-state index < -0.39 is 0 Å². The van der Waals surface area contributed by atoms with Gasteiger partial charge in [-0.25, -0.2) is 0 Å². The van der Waals surface area contributed by atoms with Gasteiger partial charge in [0.25, 0.3) is 0 Å². The molecule has 1 rings (SSSR count). The molecule has 0 aliphatic heterocycles. The maximum Gasteiger partial charge on any atom is 0.0431 e. The van der Waals surface area contributed by atoms with Gasteiger partial charge in [-0.05, 0) is 46.6 Å². The van der Waals surface area contributed by atoms with Crippen molar-refractivity contribution in [1.29, 1.82) is 0 Å². The van der Waals surface area contributed by atoms with Crippen molar-refractivity contribution in [3.8, 4) is 0 Å². The number of rotatable bonds is 10. The van der Waals surface area contributed by atoms with Gasteiger partial charge in [-0.15, -0.1) is 11.3 Å². The molecule has 0 bridgehead atoms. The number of aliphatic hydroxyl groups is 1. The molecule has 17 heavy (non-hydrogen) atoms. The normalized spacial score (nSPS) is 10.9. The highest BCUT2D eigenvalue weighted by atomic mass is 79.9. The first-order valence-corrected chi connectivity index (χ1v) is 8.34. The van der Waals surface area contributed by atoms with Crippen LogP contribution in [-0.4, -0.2) is 11.7 Å². The Labute approximate surface area is 117 Å². The Bertz CT molecular complexity index is 286. The van der Waals surface area contributed by atoms with Gasteiger partial charge < -0.3 is 5.11 Å². The topological polar surface area (TPSA) is 20.2 Å². The minimum Gasteiger partial charge on any atom is -0.396 e. The summed E-state index contributed by atoms with van der Waals surface area (Å²) in [5.41, 5.74) is 0. The summed E-state index contributed by atoms with van der Waals surface area (Å²) in [6, 6.07) is 2.14. The molecule has 3 heteroatoms. The van der Waals surface area contributed by atoms with Crippen molar-refractivity contribution in [2.24, 2.45) is 0 Å². The summed E-state index contributed by atoms with van der Waals surface area (Å²) in [4.78, 5) is 1.49. The van der Waals surface area contributed by atoms with Crippen LogP contribution in [0.15, 0.2) is 15.9 Å². The van der Waals surface area contributed by atoms with Crippen LogP contribution in [0.5, 0.6) is 0 Å². The molecule has 0 atom stereocenters. The molecule has 0 aromatic carbocycles. The summed E-state index contributed by atoms with van der Waals surface area (Å²) < 4.78 is 1.28. The third-order valence-electron chi connectivity index (χ3n) is 3.00. The van der Waals surface area contributed by atoms with E-state index in [-0.39, 0.29) is 0 Å².